The van der Waals surface area contributed by atoms with Gasteiger partial charge in [-0.05, 0) is 60.9 Å². The van der Waals surface area contributed by atoms with Gasteiger partial charge in [0.25, 0.3) is 11.7 Å². The van der Waals surface area contributed by atoms with E-state index in [1.807, 2.05) is 26.0 Å². The van der Waals surface area contributed by atoms with Crippen molar-refractivity contribution in [2.75, 3.05) is 4.90 Å². The van der Waals surface area contributed by atoms with E-state index >= 15 is 0 Å². The summed E-state index contributed by atoms with van der Waals surface area (Å²) < 4.78 is 13.5. The van der Waals surface area contributed by atoms with Crippen LogP contribution in [0.1, 0.15) is 28.3 Å². The predicted molar refractivity (Wildman–Crippen MR) is 114 cm³/mol. The van der Waals surface area contributed by atoms with E-state index in [0.717, 1.165) is 11.1 Å². The van der Waals surface area contributed by atoms with Crippen molar-refractivity contribution in [3.8, 4) is 0 Å². The molecule has 1 aliphatic heterocycles. The van der Waals surface area contributed by atoms with Gasteiger partial charge in [-0.1, -0.05) is 42.5 Å². The number of benzene rings is 3. The maximum absolute atomic E-state index is 13.5. The first-order chi connectivity index (χ1) is 14.4. The van der Waals surface area contributed by atoms with Crippen molar-refractivity contribution < 1.29 is 19.1 Å². The van der Waals surface area contributed by atoms with Crippen molar-refractivity contribution in [1.29, 1.82) is 0 Å². The van der Waals surface area contributed by atoms with Crippen LogP contribution in [-0.4, -0.2) is 16.8 Å². The van der Waals surface area contributed by atoms with Crippen LogP contribution in [0.2, 0.25) is 0 Å². The van der Waals surface area contributed by atoms with Crippen LogP contribution in [0.15, 0.2) is 78.4 Å². The third-order valence-electron chi connectivity index (χ3n) is 5.44. The molecule has 0 bridgehead atoms. The number of anilines is 1. The molecule has 1 unspecified atom stereocenters. The Labute approximate surface area is 173 Å². The minimum Gasteiger partial charge on any atom is -0.507 e. The minimum atomic E-state index is -0.866. The van der Waals surface area contributed by atoms with E-state index in [0.29, 0.717) is 16.8 Å². The molecule has 0 radical (unpaired) electrons. The molecule has 1 fully saturated rings. The van der Waals surface area contributed by atoms with Gasteiger partial charge in [0.2, 0.25) is 0 Å². The van der Waals surface area contributed by atoms with Gasteiger partial charge in [-0.3, -0.25) is 14.5 Å². The van der Waals surface area contributed by atoms with Crippen LogP contribution in [0.5, 0.6) is 0 Å². The molecule has 1 saturated heterocycles. The van der Waals surface area contributed by atoms with Gasteiger partial charge in [-0.15, -0.1) is 0 Å². The Balaban J connectivity index is 1.95. The van der Waals surface area contributed by atoms with E-state index < -0.39 is 23.5 Å². The fourth-order valence-corrected chi connectivity index (χ4v) is 3.69. The summed E-state index contributed by atoms with van der Waals surface area (Å²) in [5.41, 5.74) is 3.49. The number of ketones is 1. The van der Waals surface area contributed by atoms with Gasteiger partial charge in [0.1, 0.15) is 11.6 Å². The van der Waals surface area contributed by atoms with Crippen molar-refractivity contribution in [1.82, 2.24) is 0 Å². The highest BCUT2D eigenvalue weighted by molar-refractivity contribution is 6.51. The average Bonchev–Trinajstić information content (AvgIpc) is 3.01. The molecule has 1 atom stereocenters. The number of aliphatic hydroxyl groups excluding tert-OH is 1. The molecule has 30 heavy (non-hydrogen) atoms. The Hall–Kier alpha value is -3.73. The number of halogens is 1. The van der Waals surface area contributed by atoms with Crippen LogP contribution in [0.3, 0.4) is 0 Å². The number of Topliss-reactive ketones (excluding diaryl/α,β-unsaturated/α-hetero) is 1. The van der Waals surface area contributed by atoms with Gasteiger partial charge >= 0.3 is 0 Å². The lowest BCUT2D eigenvalue weighted by atomic mass is 9.94. The highest BCUT2D eigenvalue weighted by Gasteiger charge is 2.46. The third kappa shape index (κ3) is 3.28. The molecule has 0 aliphatic carbocycles. The first kappa shape index (κ1) is 19.6. The summed E-state index contributed by atoms with van der Waals surface area (Å²) in [7, 11) is 0. The van der Waals surface area contributed by atoms with Gasteiger partial charge in [0.05, 0.1) is 11.6 Å². The zero-order chi connectivity index (χ0) is 21.4. The summed E-state index contributed by atoms with van der Waals surface area (Å²) in [6.45, 7) is 3.86. The van der Waals surface area contributed by atoms with Gasteiger partial charge in [0.15, 0.2) is 0 Å². The van der Waals surface area contributed by atoms with Crippen LogP contribution in [0.25, 0.3) is 5.76 Å². The highest BCUT2D eigenvalue weighted by Crippen LogP contribution is 2.42. The summed E-state index contributed by atoms with van der Waals surface area (Å²) in [6, 6.07) is 18.9. The standard InChI is InChI=1S/C25H20FNO3/c1-15-8-9-18(14-16(15)2)23(28)21-22(17-10-12-19(26)13-11-17)27(25(30)24(21)29)20-6-4-3-5-7-20/h3-14,22,28H,1-2H3/b23-21-. The largest absolute Gasteiger partial charge is 0.507 e. The molecule has 4 rings (SSSR count). The lowest BCUT2D eigenvalue weighted by Gasteiger charge is -2.25. The van der Waals surface area contributed by atoms with Crippen LogP contribution in [-0.2, 0) is 9.59 Å². The Morgan fingerprint density at radius 2 is 1.57 bits per heavy atom. The summed E-state index contributed by atoms with van der Waals surface area (Å²) in [5.74, 6) is -2.18. The zero-order valence-corrected chi connectivity index (χ0v) is 16.6. The number of para-hydroxylation sites is 1. The second-order valence-electron chi connectivity index (χ2n) is 7.36. The molecule has 150 valence electrons. The first-order valence-electron chi connectivity index (χ1n) is 9.57. The van der Waals surface area contributed by atoms with Gasteiger partial charge in [-0.2, -0.15) is 0 Å². The Kier molecular flexibility index (Phi) is 4.96. The SMILES string of the molecule is Cc1ccc(/C(O)=C2/C(=O)C(=O)N(c3ccccc3)C2c2ccc(F)cc2)cc1C. The normalized spacial score (nSPS) is 18.1. The molecular weight excluding hydrogens is 381 g/mol. The third-order valence-corrected chi connectivity index (χ3v) is 5.44. The molecule has 3 aromatic rings. The number of carbonyl (C=O) groups is 2. The quantitative estimate of drug-likeness (QED) is 0.379. The average molecular weight is 401 g/mol. The number of nitrogens with zero attached hydrogens (tertiary/aromatic N) is 1. The van der Waals surface area contributed by atoms with Gasteiger partial charge < -0.3 is 5.11 Å². The van der Waals surface area contributed by atoms with E-state index in [-0.39, 0.29) is 11.3 Å². The summed E-state index contributed by atoms with van der Waals surface area (Å²) in [4.78, 5) is 27.4. The molecule has 1 aliphatic rings. The number of aryl methyl sites for hydroxylation is 2. The fraction of sp³-hybridized carbons (Fsp3) is 0.120. The van der Waals surface area contributed by atoms with Crippen molar-refractivity contribution >= 4 is 23.1 Å². The van der Waals surface area contributed by atoms with Crippen LogP contribution >= 0.6 is 0 Å². The molecule has 4 nitrogen and oxygen atoms in total. The Morgan fingerprint density at radius 3 is 2.20 bits per heavy atom. The maximum Gasteiger partial charge on any atom is 0.300 e. The highest BCUT2D eigenvalue weighted by atomic mass is 19.1. The number of amides is 1. The second-order valence-corrected chi connectivity index (χ2v) is 7.36. The van der Waals surface area contributed by atoms with E-state index in [2.05, 4.69) is 0 Å². The number of carbonyl (C=O) groups excluding carboxylic acids is 2. The van der Waals surface area contributed by atoms with Crippen molar-refractivity contribution in [2.45, 2.75) is 19.9 Å². The molecule has 5 heteroatoms. The lowest BCUT2D eigenvalue weighted by Crippen LogP contribution is -2.29. The van der Waals surface area contributed by atoms with Crippen LogP contribution in [0.4, 0.5) is 10.1 Å². The van der Waals surface area contributed by atoms with E-state index in [4.69, 9.17) is 0 Å². The van der Waals surface area contributed by atoms with Crippen molar-refractivity contribution in [3.05, 3.63) is 106 Å². The van der Waals surface area contributed by atoms with Gasteiger partial charge in [-0.25, -0.2) is 4.39 Å². The number of hydrogen-bond donors (Lipinski definition) is 1. The van der Waals surface area contributed by atoms with Crippen molar-refractivity contribution in [2.24, 2.45) is 0 Å². The monoisotopic (exact) mass is 401 g/mol. The minimum absolute atomic E-state index is 0.0151. The fourth-order valence-electron chi connectivity index (χ4n) is 3.69. The van der Waals surface area contributed by atoms with Crippen LogP contribution in [0, 0.1) is 19.7 Å². The van der Waals surface area contributed by atoms with E-state index in [1.54, 1.807) is 36.4 Å². The summed E-state index contributed by atoms with van der Waals surface area (Å²) in [5, 5.41) is 11.1. The number of hydrogen-bond acceptors (Lipinski definition) is 3. The van der Waals surface area contributed by atoms with Crippen LogP contribution < -0.4 is 4.90 Å². The Morgan fingerprint density at radius 1 is 0.900 bits per heavy atom. The molecule has 1 heterocycles. The predicted octanol–water partition coefficient (Wildman–Crippen LogP) is 5.07. The summed E-state index contributed by atoms with van der Waals surface area (Å²) >= 11 is 0. The smallest absolute Gasteiger partial charge is 0.300 e. The lowest BCUT2D eigenvalue weighted by molar-refractivity contribution is -0.132. The van der Waals surface area contributed by atoms with E-state index in [9.17, 15) is 19.1 Å². The van der Waals surface area contributed by atoms with Gasteiger partial charge in [0, 0.05) is 11.3 Å². The molecule has 3 aromatic carbocycles. The maximum atomic E-state index is 13.5. The first-order valence-corrected chi connectivity index (χ1v) is 9.57. The number of aliphatic hydroxyl groups is 1. The molecule has 1 amide bonds. The van der Waals surface area contributed by atoms with E-state index in [1.165, 1.54) is 29.2 Å². The second kappa shape index (κ2) is 7.59. The molecular formula is C25H20FNO3. The molecule has 1 N–H and O–H groups in total. The number of rotatable bonds is 3. The zero-order valence-electron chi connectivity index (χ0n) is 16.6. The molecule has 0 saturated carbocycles. The molecule has 0 spiro atoms. The molecule has 0 aromatic heterocycles. The Bertz CT molecular complexity index is 1170. The topological polar surface area (TPSA) is 57.6 Å². The summed E-state index contributed by atoms with van der Waals surface area (Å²) in [6.07, 6.45) is 0. The van der Waals surface area contributed by atoms with Crippen molar-refractivity contribution in [3.63, 3.8) is 0 Å².